The van der Waals surface area contributed by atoms with Crippen molar-refractivity contribution in [2.45, 2.75) is 45.3 Å². The lowest BCUT2D eigenvalue weighted by Gasteiger charge is -2.24. The number of nitrogen functional groups attached to an aromatic ring is 1. The zero-order valence-electron chi connectivity index (χ0n) is 15.5. The Morgan fingerprint density at radius 2 is 2.11 bits per heavy atom. The Morgan fingerprint density at radius 3 is 2.70 bits per heavy atom. The summed E-state index contributed by atoms with van der Waals surface area (Å²) in [6.45, 7) is 4.64. The third kappa shape index (κ3) is 3.40. The first kappa shape index (κ1) is 19.3. The number of rotatable bonds is 4. The third-order valence-corrected chi connectivity index (χ3v) is 4.22. The molecule has 0 spiro atoms. The first-order valence-electron chi connectivity index (χ1n) is 8.37. The minimum Gasteiger partial charge on any atom is -0.479 e. The van der Waals surface area contributed by atoms with Gasteiger partial charge in [-0.05, 0) is 20.8 Å². The number of hydrogen-bond donors (Lipinski definition) is 3. The van der Waals surface area contributed by atoms with Crippen molar-refractivity contribution in [2.24, 2.45) is 5.41 Å². The summed E-state index contributed by atoms with van der Waals surface area (Å²) in [6.07, 6.45) is -2.82. The molecule has 11 nitrogen and oxygen atoms in total. The molecule has 3 rings (SSSR count). The van der Waals surface area contributed by atoms with Crippen molar-refractivity contribution in [3.05, 3.63) is 6.33 Å². The number of methoxy groups -OCH3 is 1. The van der Waals surface area contributed by atoms with Crippen molar-refractivity contribution in [1.29, 1.82) is 0 Å². The van der Waals surface area contributed by atoms with Gasteiger partial charge in [0.1, 0.15) is 12.2 Å². The number of nitrogens with two attached hydrogens (primary N) is 1. The molecule has 1 saturated heterocycles. The number of imidazole rings is 1. The number of nitrogens with zero attached hydrogens (tertiary/aromatic N) is 4. The molecule has 11 heteroatoms. The number of aliphatic hydroxyl groups excluding tert-OH is 2. The Morgan fingerprint density at radius 1 is 1.41 bits per heavy atom. The summed E-state index contributed by atoms with van der Waals surface area (Å²) in [5.41, 5.74) is 5.54. The molecule has 0 amide bonds. The van der Waals surface area contributed by atoms with Gasteiger partial charge in [0.2, 0.25) is 11.8 Å². The molecule has 1 aliphatic heterocycles. The second-order valence-electron chi connectivity index (χ2n) is 7.27. The summed E-state index contributed by atoms with van der Waals surface area (Å²) in [5.74, 6) is -0.376. The van der Waals surface area contributed by atoms with Crippen LogP contribution in [0.3, 0.4) is 0 Å². The van der Waals surface area contributed by atoms with Crippen molar-refractivity contribution in [2.75, 3.05) is 19.5 Å². The summed E-state index contributed by atoms with van der Waals surface area (Å²) in [6, 6.07) is 0. The molecule has 4 N–H and O–H groups in total. The van der Waals surface area contributed by atoms with E-state index in [1.807, 2.05) is 0 Å². The van der Waals surface area contributed by atoms with Gasteiger partial charge in [-0.2, -0.15) is 9.97 Å². The van der Waals surface area contributed by atoms with E-state index >= 15 is 0 Å². The molecule has 4 atom stereocenters. The number of hydrogen-bond acceptors (Lipinski definition) is 10. The van der Waals surface area contributed by atoms with E-state index in [0.29, 0.717) is 5.52 Å². The Hall–Kier alpha value is -2.50. The van der Waals surface area contributed by atoms with Gasteiger partial charge in [-0.1, -0.05) is 0 Å². The fraction of sp³-hybridized carbons (Fsp3) is 0.625. The second-order valence-corrected chi connectivity index (χ2v) is 7.27. The molecule has 1 aliphatic rings. The highest BCUT2D eigenvalue weighted by molar-refractivity contribution is 5.78. The maximum atomic E-state index is 12.2. The topological polar surface area (TPSA) is 155 Å². The highest BCUT2D eigenvalue weighted by atomic mass is 16.6. The Balaban J connectivity index is 1.95. The molecule has 2 aromatic heterocycles. The highest BCUT2D eigenvalue weighted by Gasteiger charge is 2.48. The van der Waals surface area contributed by atoms with Crippen molar-refractivity contribution in [3.8, 4) is 5.88 Å². The average Bonchev–Trinajstić information content (AvgIpc) is 3.15. The molecule has 2 aromatic rings. The first-order valence-corrected chi connectivity index (χ1v) is 8.37. The van der Waals surface area contributed by atoms with E-state index in [4.69, 9.17) is 19.9 Å². The maximum absolute atomic E-state index is 12.2. The van der Waals surface area contributed by atoms with Crippen LogP contribution in [0, 0.1) is 5.41 Å². The maximum Gasteiger partial charge on any atom is 0.311 e. The SMILES string of the molecule is COc1nc(N)nc2c1ncn2C1O[C@H](CO)[C@@H](OC(=O)C(C)(C)C)[C@@H]1O. The fourth-order valence-corrected chi connectivity index (χ4v) is 2.78. The van der Waals surface area contributed by atoms with E-state index in [2.05, 4.69) is 15.0 Å². The van der Waals surface area contributed by atoms with Crippen LogP contribution in [0.25, 0.3) is 11.2 Å². The Kier molecular flexibility index (Phi) is 4.93. The van der Waals surface area contributed by atoms with Gasteiger partial charge in [0, 0.05) is 0 Å². The summed E-state index contributed by atoms with van der Waals surface area (Å²) in [7, 11) is 1.42. The predicted octanol–water partition coefficient (Wildman–Crippen LogP) is -0.374. The Bertz CT molecular complexity index is 848. The quantitative estimate of drug-likeness (QED) is 0.597. The summed E-state index contributed by atoms with van der Waals surface area (Å²) < 4.78 is 17.7. The summed E-state index contributed by atoms with van der Waals surface area (Å²) in [4.78, 5) is 24.5. The van der Waals surface area contributed by atoms with Gasteiger partial charge in [0.15, 0.2) is 23.5 Å². The van der Waals surface area contributed by atoms with Crippen LogP contribution in [-0.2, 0) is 14.3 Å². The van der Waals surface area contributed by atoms with E-state index < -0.39 is 42.5 Å². The second kappa shape index (κ2) is 6.91. The number of carbonyl (C=O) groups excluding carboxylic acids is 1. The number of esters is 1. The molecule has 3 heterocycles. The average molecular weight is 381 g/mol. The highest BCUT2D eigenvalue weighted by Crippen LogP contribution is 2.35. The number of ether oxygens (including phenoxy) is 3. The van der Waals surface area contributed by atoms with Crippen molar-refractivity contribution in [1.82, 2.24) is 19.5 Å². The van der Waals surface area contributed by atoms with Gasteiger partial charge < -0.3 is 30.2 Å². The smallest absolute Gasteiger partial charge is 0.311 e. The summed E-state index contributed by atoms with van der Waals surface area (Å²) in [5, 5.41) is 20.3. The van der Waals surface area contributed by atoms with Crippen LogP contribution < -0.4 is 10.5 Å². The lowest BCUT2D eigenvalue weighted by Crippen LogP contribution is -2.40. The van der Waals surface area contributed by atoms with Crippen molar-refractivity contribution in [3.63, 3.8) is 0 Å². The van der Waals surface area contributed by atoms with Crippen LogP contribution >= 0.6 is 0 Å². The van der Waals surface area contributed by atoms with E-state index in [1.165, 1.54) is 18.0 Å². The van der Waals surface area contributed by atoms with Gasteiger partial charge in [-0.15, -0.1) is 0 Å². The minimum absolute atomic E-state index is 0.0389. The standard InChI is InChI=1S/C16H23N5O6/c1-16(2,3)14(24)27-10-7(5-22)26-13(9(10)23)21-6-18-8-11(21)19-15(17)20-12(8)25-4/h6-7,9-10,13,22-23H,5H2,1-4H3,(H2,17,19,20)/t7-,9+,10-,13?/m1/s1. The van der Waals surface area contributed by atoms with Crippen LogP contribution in [0.5, 0.6) is 5.88 Å². The number of fused-ring (bicyclic) bond motifs is 1. The number of anilines is 1. The first-order chi connectivity index (χ1) is 12.7. The molecule has 27 heavy (non-hydrogen) atoms. The van der Waals surface area contributed by atoms with Crippen LogP contribution in [0.2, 0.25) is 0 Å². The van der Waals surface area contributed by atoms with Crippen LogP contribution in [0.15, 0.2) is 6.33 Å². The van der Waals surface area contributed by atoms with Crippen LogP contribution in [-0.4, -0.2) is 67.7 Å². The number of aromatic nitrogens is 4. The largest absolute Gasteiger partial charge is 0.479 e. The predicted molar refractivity (Wildman–Crippen MR) is 92.6 cm³/mol. The lowest BCUT2D eigenvalue weighted by molar-refractivity contribution is -0.166. The molecular weight excluding hydrogens is 358 g/mol. The van der Waals surface area contributed by atoms with Crippen molar-refractivity contribution < 1.29 is 29.2 Å². The Labute approximate surface area is 155 Å². The molecule has 0 aromatic carbocycles. The molecule has 0 bridgehead atoms. The van der Waals surface area contributed by atoms with Gasteiger partial charge in [0.25, 0.3) is 0 Å². The summed E-state index contributed by atoms with van der Waals surface area (Å²) >= 11 is 0. The van der Waals surface area contributed by atoms with E-state index in [9.17, 15) is 15.0 Å². The van der Waals surface area contributed by atoms with Crippen molar-refractivity contribution >= 4 is 23.1 Å². The molecule has 0 radical (unpaired) electrons. The molecule has 0 aliphatic carbocycles. The molecule has 1 fully saturated rings. The van der Waals surface area contributed by atoms with Gasteiger partial charge >= 0.3 is 5.97 Å². The molecule has 1 unspecified atom stereocenters. The molecule has 148 valence electrons. The minimum atomic E-state index is -1.26. The molecule has 0 saturated carbocycles. The molecular formula is C16H23N5O6. The third-order valence-electron chi connectivity index (χ3n) is 4.22. The normalized spacial score (nSPS) is 25.7. The number of carbonyl (C=O) groups is 1. The lowest BCUT2D eigenvalue weighted by atomic mass is 9.97. The zero-order chi connectivity index (χ0) is 19.9. The zero-order valence-corrected chi connectivity index (χ0v) is 15.5. The fourth-order valence-electron chi connectivity index (χ4n) is 2.78. The van der Waals surface area contributed by atoms with E-state index in [0.717, 1.165) is 0 Å². The van der Waals surface area contributed by atoms with Crippen LogP contribution in [0.1, 0.15) is 27.0 Å². The van der Waals surface area contributed by atoms with E-state index in [1.54, 1.807) is 20.8 Å². The van der Waals surface area contributed by atoms with Gasteiger partial charge in [-0.3, -0.25) is 9.36 Å². The van der Waals surface area contributed by atoms with E-state index in [-0.39, 0.29) is 17.5 Å². The number of aliphatic hydroxyl groups is 2. The van der Waals surface area contributed by atoms with Gasteiger partial charge in [-0.25, -0.2) is 4.98 Å². The van der Waals surface area contributed by atoms with Crippen LogP contribution in [0.4, 0.5) is 5.95 Å². The monoisotopic (exact) mass is 381 g/mol. The van der Waals surface area contributed by atoms with Gasteiger partial charge in [0.05, 0.1) is 25.5 Å².